The second kappa shape index (κ2) is 12.9. The SMILES string of the molecule is COc1ccc(CC(=O)NCC(=O)NN=Cc2ccc(OCc3ccccc3C#N)c(Br)c2)cc1. The minimum atomic E-state index is -0.445. The van der Waals surface area contributed by atoms with E-state index in [1.807, 2.05) is 12.1 Å². The Kier molecular flexibility index (Phi) is 9.39. The lowest BCUT2D eigenvalue weighted by Gasteiger charge is -2.10. The Bertz CT molecular complexity index is 1250. The minimum Gasteiger partial charge on any atom is -0.497 e. The number of amides is 2. The van der Waals surface area contributed by atoms with E-state index in [1.54, 1.807) is 61.7 Å². The minimum absolute atomic E-state index is 0.158. The van der Waals surface area contributed by atoms with Crippen molar-refractivity contribution >= 4 is 34.0 Å². The summed E-state index contributed by atoms with van der Waals surface area (Å²) in [5, 5.41) is 15.7. The maximum Gasteiger partial charge on any atom is 0.259 e. The summed E-state index contributed by atoms with van der Waals surface area (Å²) in [5.41, 5.74) is 5.29. The summed E-state index contributed by atoms with van der Waals surface area (Å²) >= 11 is 3.46. The average molecular weight is 535 g/mol. The molecule has 0 aliphatic carbocycles. The van der Waals surface area contributed by atoms with E-state index in [2.05, 4.69) is 37.8 Å². The van der Waals surface area contributed by atoms with Gasteiger partial charge < -0.3 is 14.8 Å². The molecule has 35 heavy (non-hydrogen) atoms. The first kappa shape index (κ1) is 25.5. The highest BCUT2D eigenvalue weighted by Gasteiger charge is 2.07. The van der Waals surface area contributed by atoms with E-state index in [-0.39, 0.29) is 25.5 Å². The number of nitrogens with one attached hydrogen (secondary N) is 2. The number of nitriles is 1. The van der Waals surface area contributed by atoms with Crippen LogP contribution in [0.4, 0.5) is 0 Å². The van der Waals surface area contributed by atoms with Crippen LogP contribution in [0.2, 0.25) is 0 Å². The molecular formula is C26H23BrN4O4. The molecule has 2 amide bonds. The number of halogens is 1. The number of hydrogen-bond acceptors (Lipinski definition) is 6. The third kappa shape index (κ3) is 7.98. The molecule has 2 N–H and O–H groups in total. The second-order valence-corrected chi connectivity index (χ2v) is 8.20. The van der Waals surface area contributed by atoms with E-state index < -0.39 is 5.91 Å². The van der Waals surface area contributed by atoms with Crippen LogP contribution in [0.1, 0.15) is 22.3 Å². The van der Waals surface area contributed by atoms with Crippen molar-refractivity contribution in [3.8, 4) is 17.6 Å². The van der Waals surface area contributed by atoms with Gasteiger partial charge in [0.05, 0.1) is 42.4 Å². The molecule has 0 unspecified atom stereocenters. The highest BCUT2D eigenvalue weighted by Crippen LogP contribution is 2.26. The van der Waals surface area contributed by atoms with Crippen LogP contribution in [-0.4, -0.2) is 31.7 Å². The number of hydrogen-bond donors (Lipinski definition) is 2. The van der Waals surface area contributed by atoms with Gasteiger partial charge in [-0.15, -0.1) is 0 Å². The van der Waals surface area contributed by atoms with Crippen LogP contribution < -0.4 is 20.2 Å². The molecule has 8 nitrogen and oxygen atoms in total. The summed E-state index contributed by atoms with van der Waals surface area (Å²) in [4.78, 5) is 24.0. The van der Waals surface area contributed by atoms with E-state index >= 15 is 0 Å². The molecule has 178 valence electrons. The van der Waals surface area contributed by atoms with Crippen LogP contribution in [0.3, 0.4) is 0 Å². The van der Waals surface area contributed by atoms with Crippen molar-refractivity contribution in [2.75, 3.05) is 13.7 Å². The van der Waals surface area contributed by atoms with Crippen LogP contribution in [0.25, 0.3) is 0 Å². The Balaban J connectivity index is 1.43. The Labute approximate surface area is 211 Å². The van der Waals surface area contributed by atoms with Gasteiger partial charge in [-0.1, -0.05) is 30.3 Å². The second-order valence-electron chi connectivity index (χ2n) is 7.34. The maximum absolute atomic E-state index is 12.0. The molecule has 0 radical (unpaired) electrons. The Morgan fingerprint density at radius 1 is 1.09 bits per heavy atom. The summed E-state index contributed by atoms with van der Waals surface area (Å²) in [6.07, 6.45) is 1.64. The van der Waals surface area contributed by atoms with Gasteiger partial charge in [0, 0.05) is 5.56 Å². The number of methoxy groups -OCH3 is 1. The number of carbonyl (C=O) groups is 2. The Hall–Kier alpha value is -4.16. The number of benzene rings is 3. The molecule has 0 bridgehead atoms. The molecule has 0 spiro atoms. The van der Waals surface area contributed by atoms with Crippen molar-refractivity contribution in [3.05, 3.63) is 93.5 Å². The number of nitrogens with zero attached hydrogens (tertiary/aromatic N) is 2. The fraction of sp³-hybridized carbons (Fsp3) is 0.154. The number of ether oxygens (including phenoxy) is 2. The van der Waals surface area contributed by atoms with Crippen LogP contribution in [-0.2, 0) is 22.6 Å². The predicted octanol–water partition coefficient (Wildman–Crippen LogP) is 3.72. The van der Waals surface area contributed by atoms with Crippen LogP contribution in [0, 0.1) is 11.3 Å². The molecule has 0 aromatic heterocycles. The Morgan fingerprint density at radius 3 is 2.57 bits per heavy atom. The Morgan fingerprint density at radius 2 is 1.86 bits per heavy atom. The first-order chi connectivity index (χ1) is 17.0. The van der Waals surface area contributed by atoms with Gasteiger partial charge in [-0.2, -0.15) is 10.4 Å². The van der Waals surface area contributed by atoms with Gasteiger partial charge >= 0.3 is 0 Å². The third-order valence-electron chi connectivity index (χ3n) is 4.85. The molecule has 0 saturated heterocycles. The summed E-state index contributed by atoms with van der Waals surface area (Å²) in [7, 11) is 1.57. The molecule has 0 atom stereocenters. The van der Waals surface area contributed by atoms with Crippen LogP contribution in [0.5, 0.6) is 11.5 Å². The molecule has 0 heterocycles. The summed E-state index contributed by atoms with van der Waals surface area (Å²) < 4.78 is 11.6. The van der Waals surface area contributed by atoms with Crippen molar-refractivity contribution in [2.45, 2.75) is 13.0 Å². The highest BCUT2D eigenvalue weighted by atomic mass is 79.9. The molecule has 0 aliphatic heterocycles. The molecular weight excluding hydrogens is 512 g/mol. The first-order valence-corrected chi connectivity index (χ1v) is 11.4. The maximum atomic E-state index is 12.0. The summed E-state index contributed by atoms with van der Waals surface area (Å²) in [6.45, 7) is 0.0724. The quantitative estimate of drug-likeness (QED) is 0.304. The summed E-state index contributed by atoms with van der Waals surface area (Å²) in [6, 6.07) is 21.9. The lowest BCUT2D eigenvalue weighted by molar-refractivity contribution is -0.125. The zero-order chi connectivity index (χ0) is 25.0. The standard InChI is InChI=1S/C26H23BrN4O4/c1-34-22-9-6-18(7-10-22)13-25(32)29-16-26(33)31-30-15-19-8-11-24(23(27)12-19)35-17-21-5-3-2-4-20(21)14-28/h2-12,15H,13,16-17H2,1H3,(H,29,32)(H,31,33). The van der Waals surface area contributed by atoms with E-state index in [9.17, 15) is 14.9 Å². The summed E-state index contributed by atoms with van der Waals surface area (Å²) in [5.74, 6) is 0.603. The van der Waals surface area contributed by atoms with Crippen molar-refractivity contribution < 1.29 is 19.1 Å². The molecule has 0 saturated carbocycles. The number of hydrazone groups is 1. The van der Waals surface area contributed by atoms with Crippen molar-refractivity contribution in [3.63, 3.8) is 0 Å². The zero-order valence-corrected chi connectivity index (χ0v) is 20.5. The fourth-order valence-corrected chi connectivity index (χ4v) is 3.52. The topological polar surface area (TPSA) is 113 Å². The van der Waals surface area contributed by atoms with Gasteiger partial charge in [0.25, 0.3) is 5.91 Å². The van der Waals surface area contributed by atoms with E-state index in [0.29, 0.717) is 21.5 Å². The molecule has 9 heteroatoms. The van der Waals surface area contributed by atoms with Gasteiger partial charge in [0.15, 0.2) is 0 Å². The van der Waals surface area contributed by atoms with Crippen molar-refractivity contribution in [1.82, 2.24) is 10.7 Å². The van der Waals surface area contributed by atoms with E-state index in [0.717, 1.165) is 16.7 Å². The predicted molar refractivity (Wildman–Crippen MR) is 135 cm³/mol. The van der Waals surface area contributed by atoms with Crippen LogP contribution >= 0.6 is 15.9 Å². The van der Waals surface area contributed by atoms with Crippen molar-refractivity contribution in [1.29, 1.82) is 5.26 Å². The normalized spacial score (nSPS) is 10.4. The molecule has 0 aliphatic rings. The largest absolute Gasteiger partial charge is 0.497 e. The lowest BCUT2D eigenvalue weighted by Crippen LogP contribution is -2.35. The number of rotatable bonds is 10. The molecule has 3 aromatic carbocycles. The van der Waals surface area contributed by atoms with Gasteiger partial charge in [-0.3, -0.25) is 9.59 Å². The van der Waals surface area contributed by atoms with Gasteiger partial charge in [0.1, 0.15) is 18.1 Å². The monoisotopic (exact) mass is 534 g/mol. The molecule has 3 rings (SSSR count). The van der Waals surface area contributed by atoms with Gasteiger partial charge in [0.2, 0.25) is 5.91 Å². The first-order valence-electron chi connectivity index (χ1n) is 10.6. The zero-order valence-electron chi connectivity index (χ0n) is 19.0. The lowest BCUT2D eigenvalue weighted by atomic mass is 10.1. The molecule has 0 fully saturated rings. The third-order valence-corrected chi connectivity index (χ3v) is 5.47. The van der Waals surface area contributed by atoms with Gasteiger partial charge in [-0.25, -0.2) is 5.43 Å². The average Bonchev–Trinajstić information content (AvgIpc) is 2.87. The fourth-order valence-electron chi connectivity index (χ4n) is 3.01. The van der Waals surface area contributed by atoms with Gasteiger partial charge in [-0.05, 0) is 63.5 Å². The number of carbonyl (C=O) groups excluding carboxylic acids is 2. The molecule has 3 aromatic rings. The van der Waals surface area contributed by atoms with E-state index in [4.69, 9.17) is 9.47 Å². The smallest absolute Gasteiger partial charge is 0.259 e. The van der Waals surface area contributed by atoms with E-state index in [1.165, 1.54) is 6.21 Å². The van der Waals surface area contributed by atoms with Crippen LogP contribution in [0.15, 0.2) is 76.3 Å². The highest BCUT2D eigenvalue weighted by molar-refractivity contribution is 9.10. The van der Waals surface area contributed by atoms with Crippen molar-refractivity contribution in [2.24, 2.45) is 5.10 Å².